The van der Waals surface area contributed by atoms with Crippen molar-refractivity contribution >= 4 is 11.7 Å². The van der Waals surface area contributed by atoms with E-state index in [0.717, 1.165) is 24.4 Å². The Morgan fingerprint density at radius 3 is 2.95 bits per heavy atom. The largest absolute Gasteiger partial charge is 0.494 e. The zero-order valence-electron chi connectivity index (χ0n) is 11.6. The first-order valence-electron chi connectivity index (χ1n) is 6.90. The minimum atomic E-state index is -0.114. The highest BCUT2D eigenvalue weighted by atomic mass is 16.5. The van der Waals surface area contributed by atoms with Crippen LogP contribution in [0.2, 0.25) is 0 Å². The maximum atomic E-state index is 11.4. The molecule has 0 bridgehead atoms. The Morgan fingerprint density at radius 2 is 2.21 bits per heavy atom. The molecule has 0 aromatic heterocycles. The molecule has 2 rings (SSSR count). The molecule has 0 radical (unpaired) electrons. The molecule has 1 aliphatic rings. The summed E-state index contributed by atoms with van der Waals surface area (Å²) >= 11 is 0. The van der Waals surface area contributed by atoms with E-state index < -0.39 is 0 Å². The molecule has 1 atom stereocenters. The Balaban J connectivity index is 1.99. The number of fused-ring (bicyclic) bond motifs is 1. The van der Waals surface area contributed by atoms with Gasteiger partial charge < -0.3 is 14.8 Å². The van der Waals surface area contributed by atoms with Crippen LogP contribution in [0.4, 0.5) is 5.69 Å². The summed E-state index contributed by atoms with van der Waals surface area (Å²) in [5.74, 6) is 1.14. The summed E-state index contributed by atoms with van der Waals surface area (Å²) in [4.78, 5) is 11.4. The molecule has 4 nitrogen and oxygen atoms in total. The molecule has 1 unspecified atom stereocenters. The fourth-order valence-corrected chi connectivity index (χ4v) is 2.42. The van der Waals surface area contributed by atoms with E-state index in [9.17, 15) is 4.79 Å². The van der Waals surface area contributed by atoms with Gasteiger partial charge in [0, 0.05) is 24.6 Å². The fraction of sp³-hybridized carbons (Fsp3) is 0.533. The number of benzene rings is 1. The third-order valence-electron chi connectivity index (χ3n) is 3.32. The number of rotatable bonds is 6. The number of carbonyl (C=O) groups is 1. The van der Waals surface area contributed by atoms with Crippen LogP contribution in [0.25, 0.3) is 0 Å². The maximum absolute atomic E-state index is 11.4. The molecule has 1 heterocycles. The summed E-state index contributed by atoms with van der Waals surface area (Å²) in [5.41, 5.74) is 2.40. The van der Waals surface area contributed by atoms with Crippen LogP contribution in [0.5, 0.6) is 5.75 Å². The number of esters is 1. The van der Waals surface area contributed by atoms with E-state index in [-0.39, 0.29) is 5.97 Å². The molecule has 1 N–H and O–H groups in total. The molecule has 0 saturated carbocycles. The maximum Gasteiger partial charge on any atom is 0.305 e. The number of hydrogen-bond acceptors (Lipinski definition) is 4. The Kier molecular flexibility index (Phi) is 4.66. The van der Waals surface area contributed by atoms with Crippen LogP contribution >= 0.6 is 0 Å². The lowest BCUT2D eigenvalue weighted by Crippen LogP contribution is -2.08. The van der Waals surface area contributed by atoms with E-state index in [4.69, 9.17) is 9.47 Å². The molecule has 0 spiro atoms. The molecule has 19 heavy (non-hydrogen) atoms. The van der Waals surface area contributed by atoms with E-state index in [1.54, 1.807) is 0 Å². The predicted octanol–water partition coefficient (Wildman–Crippen LogP) is 2.94. The topological polar surface area (TPSA) is 47.6 Å². The fourth-order valence-electron chi connectivity index (χ4n) is 2.42. The van der Waals surface area contributed by atoms with Crippen LogP contribution < -0.4 is 10.1 Å². The van der Waals surface area contributed by atoms with Crippen molar-refractivity contribution in [1.29, 1.82) is 0 Å². The van der Waals surface area contributed by atoms with Gasteiger partial charge >= 0.3 is 5.97 Å². The Hall–Kier alpha value is -1.71. The van der Waals surface area contributed by atoms with Gasteiger partial charge in [0.25, 0.3) is 0 Å². The highest BCUT2D eigenvalue weighted by Gasteiger charge is 2.23. The lowest BCUT2D eigenvalue weighted by Gasteiger charge is -2.11. The molecule has 0 aliphatic carbocycles. The Bertz CT molecular complexity index is 445. The number of nitrogens with one attached hydrogen (secondary N) is 1. The first-order chi connectivity index (χ1) is 9.24. The smallest absolute Gasteiger partial charge is 0.305 e. The SMILES string of the molecule is CCOC(=O)CCC1CNc2ccc(OCC)cc21. The van der Waals surface area contributed by atoms with Crippen molar-refractivity contribution < 1.29 is 14.3 Å². The summed E-state index contributed by atoms with van der Waals surface area (Å²) in [6.07, 6.45) is 1.28. The molecule has 0 saturated heterocycles. The van der Waals surface area contributed by atoms with Crippen molar-refractivity contribution in [3.63, 3.8) is 0 Å². The lowest BCUT2D eigenvalue weighted by molar-refractivity contribution is -0.143. The molecular weight excluding hydrogens is 242 g/mol. The zero-order valence-corrected chi connectivity index (χ0v) is 11.6. The molecular formula is C15H21NO3. The first-order valence-corrected chi connectivity index (χ1v) is 6.90. The van der Waals surface area contributed by atoms with E-state index in [2.05, 4.69) is 11.4 Å². The molecule has 104 valence electrons. The monoisotopic (exact) mass is 263 g/mol. The van der Waals surface area contributed by atoms with Crippen molar-refractivity contribution in [2.24, 2.45) is 0 Å². The standard InChI is InChI=1S/C15H21NO3/c1-3-18-12-6-7-14-13(9-12)11(10-16-14)5-8-15(17)19-4-2/h6-7,9,11,16H,3-5,8,10H2,1-2H3. The second-order valence-electron chi connectivity index (χ2n) is 4.60. The third kappa shape index (κ3) is 3.40. The molecule has 1 aliphatic heterocycles. The van der Waals surface area contributed by atoms with Crippen LogP contribution in [0.15, 0.2) is 18.2 Å². The van der Waals surface area contributed by atoms with Crippen LogP contribution in [-0.4, -0.2) is 25.7 Å². The highest BCUT2D eigenvalue weighted by molar-refractivity contribution is 5.69. The van der Waals surface area contributed by atoms with Gasteiger partial charge in [-0.2, -0.15) is 0 Å². The van der Waals surface area contributed by atoms with Gasteiger partial charge in [-0.25, -0.2) is 0 Å². The van der Waals surface area contributed by atoms with Crippen molar-refractivity contribution in [2.75, 3.05) is 25.1 Å². The van der Waals surface area contributed by atoms with E-state index in [0.29, 0.717) is 25.6 Å². The van der Waals surface area contributed by atoms with Gasteiger partial charge in [0.05, 0.1) is 13.2 Å². The minimum absolute atomic E-state index is 0.114. The van der Waals surface area contributed by atoms with E-state index in [1.165, 1.54) is 5.56 Å². The third-order valence-corrected chi connectivity index (χ3v) is 3.32. The average molecular weight is 263 g/mol. The van der Waals surface area contributed by atoms with Gasteiger partial charge in [-0.1, -0.05) is 0 Å². The van der Waals surface area contributed by atoms with Crippen LogP contribution in [0.3, 0.4) is 0 Å². The normalized spacial score (nSPS) is 16.6. The Morgan fingerprint density at radius 1 is 1.37 bits per heavy atom. The molecule has 0 amide bonds. The van der Waals surface area contributed by atoms with Gasteiger partial charge in [-0.3, -0.25) is 4.79 Å². The van der Waals surface area contributed by atoms with Crippen molar-refractivity contribution in [3.8, 4) is 5.75 Å². The van der Waals surface area contributed by atoms with Gasteiger partial charge in [-0.15, -0.1) is 0 Å². The van der Waals surface area contributed by atoms with E-state index >= 15 is 0 Å². The van der Waals surface area contributed by atoms with Crippen LogP contribution in [-0.2, 0) is 9.53 Å². The summed E-state index contributed by atoms with van der Waals surface area (Å²) in [5, 5.41) is 3.37. The lowest BCUT2D eigenvalue weighted by atomic mass is 9.96. The second kappa shape index (κ2) is 6.45. The van der Waals surface area contributed by atoms with Gasteiger partial charge in [0.15, 0.2) is 0 Å². The van der Waals surface area contributed by atoms with Gasteiger partial charge in [0.1, 0.15) is 5.75 Å². The number of carbonyl (C=O) groups excluding carboxylic acids is 1. The molecule has 1 aromatic rings. The number of hydrogen-bond donors (Lipinski definition) is 1. The molecule has 4 heteroatoms. The van der Waals surface area contributed by atoms with Crippen LogP contribution in [0.1, 0.15) is 38.2 Å². The summed E-state index contributed by atoms with van der Waals surface area (Å²) in [6, 6.07) is 6.10. The predicted molar refractivity (Wildman–Crippen MR) is 74.7 cm³/mol. The quantitative estimate of drug-likeness (QED) is 0.802. The van der Waals surface area contributed by atoms with Crippen molar-refractivity contribution in [3.05, 3.63) is 23.8 Å². The summed E-state index contributed by atoms with van der Waals surface area (Å²) in [7, 11) is 0. The highest BCUT2D eigenvalue weighted by Crippen LogP contribution is 2.36. The van der Waals surface area contributed by atoms with Crippen molar-refractivity contribution in [1.82, 2.24) is 0 Å². The average Bonchev–Trinajstić information content (AvgIpc) is 2.80. The summed E-state index contributed by atoms with van der Waals surface area (Å²) < 4.78 is 10.5. The summed E-state index contributed by atoms with van der Waals surface area (Å²) in [6.45, 7) is 5.80. The molecule has 0 fully saturated rings. The van der Waals surface area contributed by atoms with Crippen LogP contribution in [0, 0.1) is 0 Å². The number of anilines is 1. The van der Waals surface area contributed by atoms with Gasteiger partial charge in [0.2, 0.25) is 0 Å². The van der Waals surface area contributed by atoms with Crippen molar-refractivity contribution in [2.45, 2.75) is 32.6 Å². The number of ether oxygens (including phenoxy) is 2. The molecule has 1 aromatic carbocycles. The second-order valence-corrected chi connectivity index (χ2v) is 4.60. The zero-order chi connectivity index (χ0) is 13.7. The minimum Gasteiger partial charge on any atom is -0.494 e. The Labute approximate surface area is 114 Å². The first kappa shape index (κ1) is 13.7. The van der Waals surface area contributed by atoms with E-state index in [1.807, 2.05) is 26.0 Å². The van der Waals surface area contributed by atoms with Gasteiger partial charge in [-0.05, 0) is 44.0 Å².